The SMILES string of the molecule is CN(C)CCCNC1C(=O)c2ccccc2C(=O)c2ccccc21.O=C(O)/C=C\C(=O)O. The zero-order valence-electron chi connectivity index (χ0n) is 17.9. The van der Waals surface area contributed by atoms with Gasteiger partial charge in [-0.3, -0.25) is 9.59 Å². The van der Waals surface area contributed by atoms with Gasteiger partial charge in [0.25, 0.3) is 0 Å². The van der Waals surface area contributed by atoms with E-state index in [2.05, 4.69) is 10.2 Å². The van der Waals surface area contributed by atoms with Crippen molar-refractivity contribution >= 4 is 23.5 Å². The summed E-state index contributed by atoms with van der Waals surface area (Å²) in [6.07, 6.45) is 2.05. The summed E-state index contributed by atoms with van der Waals surface area (Å²) in [6.45, 7) is 1.67. The van der Waals surface area contributed by atoms with E-state index in [9.17, 15) is 19.2 Å². The molecule has 0 bridgehead atoms. The summed E-state index contributed by atoms with van der Waals surface area (Å²) < 4.78 is 0. The second kappa shape index (κ2) is 11.7. The van der Waals surface area contributed by atoms with E-state index < -0.39 is 18.0 Å². The molecule has 0 spiro atoms. The lowest BCUT2D eigenvalue weighted by molar-refractivity contribution is -0.134. The molecule has 168 valence electrons. The van der Waals surface area contributed by atoms with Crippen molar-refractivity contribution in [1.82, 2.24) is 10.2 Å². The maximum atomic E-state index is 13.0. The Bertz CT molecular complexity index is 1010. The van der Waals surface area contributed by atoms with Crippen LogP contribution >= 0.6 is 0 Å². The van der Waals surface area contributed by atoms with Crippen LogP contribution < -0.4 is 5.32 Å². The standard InChI is InChI=1S/C20H22N2O2.C4H4O4/c1-22(2)13-7-12-21-18-14-8-3-4-9-15(14)19(23)16-10-5-6-11-17(16)20(18)24;5-3(6)1-2-4(7)8/h3-6,8-11,18,21H,7,12-13H2,1-2H3;1-2H,(H,5,6)(H,7,8)/b;2-1-. The first-order valence-electron chi connectivity index (χ1n) is 10.0. The average Bonchev–Trinajstić information content (AvgIpc) is 2.85. The Morgan fingerprint density at radius 1 is 0.906 bits per heavy atom. The van der Waals surface area contributed by atoms with Gasteiger partial charge in [0.2, 0.25) is 0 Å². The molecule has 1 aliphatic carbocycles. The minimum atomic E-state index is -1.26. The number of Topliss-reactive ketones (excluding diaryl/α,β-unsaturated/α-hetero) is 1. The number of carboxylic acid groups (broad SMARTS) is 2. The highest BCUT2D eigenvalue weighted by Crippen LogP contribution is 2.30. The Morgan fingerprint density at radius 2 is 1.44 bits per heavy atom. The Balaban J connectivity index is 0.000000390. The zero-order chi connectivity index (χ0) is 23.7. The van der Waals surface area contributed by atoms with Crippen molar-refractivity contribution in [2.75, 3.05) is 27.2 Å². The van der Waals surface area contributed by atoms with Crippen LogP contribution in [0.25, 0.3) is 0 Å². The molecule has 0 aliphatic heterocycles. The van der Waals surface area contributed by atoms with Crippen LogP contribution in [0.1, 0.15) is 44.3 Å². The summed E-state index contributed by atoms with van der Waals surface area (Å²) in [6, 6.07) is 14.0. The van der Waals surface area contributed by atoms with Crippen molar-refractivity contribution in [1.29, 1.82) is 0 Å². The predicted molar refractivity (Wildman–Crippen MR) is 119 cm³/mol. The fourth-order valence-electron chi connectivity index (χ4n) is 3.28. The van der Waals surface area contributed by atoms with Crippen molar-refractivity contribution in [2.45, 2.75) is 12.5 Å². The highest BCUT2D eigenvalue weighted by Gasteiger charge is 2.32. The van der Waals surface area contributed by atoms with E-state index in [4.69, 9.17) is 10.2 Å². The molecule has 1 unspecified atom stereocenters. The normalized spacial score (nSPS) is 14.9. The van der Waals surface area contributed by atoms with E-state index in [0.717, 1.165) is 25.1 Å². The summed E-state index contributed by atoms with van der Waals surface area (Å²) in [7, 11) is 4.06. The number of hydrogen-bond donors (Lipinski definition) is 3. The molecule has 0 aromatic heterocycles. The molecular formula is C24H26N2O6. The van der Waals surface area contributed by atoms with Gasteiger partial charge in [0, 0.05) is 28.8 Å². The molecule has 0 heterocycles. The number of carbonyl (C=O) groups excluding carboxylic acids is 2. The maximum Gasteiger partial charge on any atom is 0.328 e. The number of nitrogens with one attached hydrogen (secondary N) is 1. The lowest BCUT2D eigenvalue weighted by Gasteiger charge is -2.19. The molecule has 3 rings (SSSR count). The van der Waals surface area contributed by atoms with Gasteiger partial charge < -0.3 is 20.4 Å². The van der Waals surface area contributed by atoms with Crippen LogP contribution in [-0.4, -0.2) is 65.8 Å². The number of carboxylic acids is 2. The van der Waals surface area contributed by atoms with Crippen LogP contribution in [0.15, 0.2) is 60.7 Å². The fraction of sp³-hybridized carbons (Fsp3) is 0.250. The first kappa shape index (κ1) is 24.6. The monoisotopic (exact) mass is 438 g/mol. The highest BCUT2D eigenvalue weighted by molar-refractivity contribution is 6.20. The molecule has 0 amide bonds. The third kappa shape index (κ3) is 6.69. The average molecular weight is 438 g/mol. The lowest BCUT2D eigenvalue weighted by atomic mass is 9.97. The Morgan fingerprint density at radius 3 is 2.00 bits per heavy atom. The van der Waals surface area contributed by atoms with Gasteiger partial charge in [-0.15, -0.1) is 0 Å². The Hall–Kier alpha value is -3.62. The van der Waals surface area contributed by atoms with E-state index in [-0.39, 0.29) is 11.6 Å². The first-order valence-corrected chi connectivity index (χ1v) is 10.0. The molecule has 0 fully saturated rings. The van der Waals surface area contributed by atoms with Gasteiger partial charge in [-0.25, -0.2) is 9.59 Å². The molecule has 3 N–H and O–H groups in total. The van der Waals surface area contributed by atoms with Crippen LogP contribution in [0.3, 0.4) is 0 Å². The van der Waals surface area contributed by atoms with E-state index in [1.54, 1.807) is 18.2 Å². The van der Waals surface area contributed by atoms with Gasteiger partial charge in [-0.2, -0.15) is 0 Å². The number of aliphatic carboxylic acids is 2. The summed E-state index contributed by atoms with van der Waals surface area (Å²) >= 11 is 0. The van der Waals surface area contributed by atoms with Crippen LogP contribution in [0.4, 0.5) is 0 Å². The molecule has 2 aromatic carbocycles. The molecule has 0 radical (unpaired) electrons. The number of benzene rings is 2. The third-order valence-corrected chi connectivity index (χ3v) is 4.71. The molecule has 0 saturated heterocycles. The number of ketones is 2. The number of rotatable bonds is 7. The molecular weight excluding hydrogens is 412 g/mol. The molecule has 1 atom stereocenters. The van der Waals surface area contributed by atoms with E-state index in [1.807, 2.05) is 44.4 Å². The lowest BCUT2D eigenvalue weighted by Crippen LogP contribution is -2.31. The number of fused-ring (bicyclic) bond motifs is 2. The second-order valence-electron chi connectivity index (χ2n) is 7.38. The van der Waals surface area contributed by atoms with Crippen LogP contribution in [0.5, 0.6) is 0 Å². The first-order chi connectivity index (χ1) is 15.2. The Labute approximate surface area is 186 Å². The van der Waals surface area contributed by atoms with Gasteiger partial charge >= 0.3 is 11.9 Å². The number of nitrogens with zero attached hydrogens (tertiary/aromatic N) is 1. The van der Waals surface area contributed by atoms with Crippen LogP contribution in [0.2, 0.25) is 0 Å². The second-order valence-corrected chi connectivity index (χ2v) is 7.38. The van der Waals surface area contributed by atoms with Gasteiger partial charge in [0.15, 0.2) is 11.6 Å². The molecule has 8 heteroatoms. The minimum Gasteiger partial charge on any atom is -0.478 e. The van der Waals surface area contributed by atoms with E-state index in [1.165, 1.54) is 0 Å². The van der Waals surface area contributed by atoms with E-state index >= 15 is 0 Å². The smallest absolute Gasteiger partial charge is 0.328 e. The summed E-state index contributed by atoms with van der Waals surface area (Å²) in [5.74, 6) is -2.62. The van der Waals surface area contributed by atoms with Gasteiger partial charge in [0.1, 0.15) is 0 Å². The van der Waals surface area contributed by atoms with E-state index in [0.29, 0.717) is 28.8 Å². The van der Waals surface area contributed by atoms with Crippen molar-refractivity contribution in [3.63, 3.8) is 0 Å². The topological polar surface area (TPSA) is 124 Å². The maximum absolute atomic E-state index is 13.0. The van der Waals surface area contributed by atoms with Gasteiger partial charge in [0.05, 0.1) is 6.04 Å². The van der Waals surface area contributed by atoms with Gasteiger partial charge in [-0.1, -0.05) is 48.5 Å². The molecule has 1 aliphatic rings. The van der Waals surface area contributed by atoms with Gasteiger partial charge in [-0.05, 0) is 39.2 Å². The summed E-state index contributed by atoms with van der Waals surface area (Å²) in [5.41, 5.74) is 2.38. The largest absolute Gasteiger partial charge is 0.478 e. The van der Waals surface area contributed by atoms with Crippen molar-refractivity contribution < 1.29 is 29.4 Å². The summed E-state index contributed by atoms with van der Waals surface area (Å²) in [4.78, 5) is 47.1. The predicted octanol–water partition coefficient (Wildman–Crippen LogP) is 2.41. The third-order valence-electron chi connectivity index (χ3n) is 4.71. The number of hydrogen-bond acceptors (Lipinski definition) is 6. The minimum absolute atomic E-state index is 0.0336. The Kier molecular flexibility index (Phi) is 9.00. The van der Waals surface area contributed by atoms with Crippen molar-refractivity contribution in [3.05, 3.63) is 82.9 Å². The molecule has 32 heavy (non-hydrogen) atoms. The number of carbonyl (C=O) groups is 4. The van der Waals surface area contributed by atoms with Crippen molar-refractivity contribution in [3.8, 4) is 0 Å². The molecule has 0 saturated carbocycles. The molecule has 2 aromatic rings. The van der Waals surface area contributed by atoms with Crippen LogP contribution in [0, 0.1) is 0 Å². The fourth-order valence-corrected chi connectivity index (χ4v) is 3.28. The zero-order valence-corrected chi connectivity index (χ0v) is 17.9. The highest BCUT2D eigenvalue weighted by atomic mass is 16.4. The molecule has 8 nitrogen and oxygen atoms in total. The van der Waals surface area contributed by atoms with Crippen molar-refractivity contribution in [2.24, 2.45) is 0 Å². The van der Waals surface area contributed by atoms with Crippen LogP contribution in [-0.2, 0) is 9.59 Å². The summed E-state index contributed by atoms with van der Waals surface area (Å²) in [5, 5.41) is 19.0. The quantitative estimate of drug-likeness (QED) is 0.445.